The van der Waals surface area contributed by atoms with Crippen LogP contribution in [0.15, 0.2) is 6.20 Å². The van der Waals surface area contributed by atoms with E-state index in [1.165, 1.54) is 18.5 Å². The van der Waals surface area contributed by atoms with E-state index in [4.69, 9.17) is 4.98 Å². The molecule has 21 heavy (non-hydrogen) atoms. The van der Waals surface area contributed by atoms with Crippen molar-refractivity contribution in [1.29, 1.82) is 0 Å². The zero-order valence-corrected chi connectivity index (χ0v) is 14.2. The van der Waals surface area contributed by atoms with Crippen molar-refractivity contribution in [3.8, 4) is 0 Å². The summed E-state index contributed by atoms with van der Waals surface area (Å²) in [5, 5.41) is 3.42. The summed E-state index contributed by atoms with van der Waals surface area (Å²) in [5.41, 5.74) is 2.39. The summed E-state index contributed by atoms with van der Waals surface area (Å²) in [6, 6.07) is 0.624. The number of hydrogen-bond acceptors (Lipinski definition) is 4. The molecule has 1 aromatic heterocycles. The lowest BCUT2D eigenvalue weighted by molar-refractivity contribution is 0.489. The van der Waals surface area contributed by atoms with Crippen LogP contribution in [0.1, 0.15) is 64.9 Å². The van der Waals surface area contributed by atoms with Crippen molar-refractivity contribution in [2.45, 2.75) is 66.0 Å². The van der Waals surface area contributed by atoms with Crippen molar-refractivity contribution in [2.75, 3.05) is 18.0 Å². The van der Waals surface area contributed by atoms with E-state index in [1.807, 2.05) is 0 Å². The first-order valence-electron chi connectivity index (χ1n) is 8.37. The summed E-state index contributed by atoms with van der Waals surface area (Å²) in [6.07, 6.45) is 4.61. The van der Waals surface area contributed by atoms with E-state index in [9.17, 15) is 0 Å². The molecule has 0 bridgehead atoms. The van der Waals surface area contributed by atoms with Crippen LogP contribution >= 0.6 is 0 Å². The number of nitrogens with zero attached hydrogens (tertiary/aromatic N) is 3. The molecule has 2 heterocycles. The average molecular weight is 290 g/mol. The summed E-state index contributed by atoms with van der Waals surface area (Å²) < 4.78 is 0. The lowest BCUT2D eigenvalue weighted by Crippen LogP contribution is -2.35. The molecule has 0 radical (unpaired) electrons. The predicted octanol–water partition coefficient (Wildman–Crippen LogP) is 3.33. The molecule has 1 aromatic rings. The fraction of sp³-hybridized carbons (Fsp3) is 0.765. The first-order valence-corrected chi connectivity index (χ1v) is 8.37. The van der Waals surface area contributed by atoms with Crippen molar-refractivity contribution in [3.63, 3.8) is 0 Å². The third-order valence-corrected chi connectivity index (χ3v) is 4.30. The van der Waals surface area contributed by atoms with Gasteiger partial charge >= 0.3 is 0 Å². The van der Waals surface area contributed by atoms with Gasteiger partial charge in [0, 0.05) is 25.0 Å². The fourth-order valence-corrected chi connectivity index (χ4v) is 3.10. The highest BCUT2D eigenvalue weighted by atomic mass is 15.2. The summed E-state index contributed by atoms with van der Waals surface area (Å²) >= 11 is 0. The molecular formula is C17H30N4. The second-order valence-corrected chi connectivity index (χ2v) is 6.64. The van der Waals surface area contributed by atoms with Gasteiger partial charge in [-0.05, 0) is 25.3 Å². The molecule has 1 fully saturated rings. The molecule has 1 aliphatic rings. The van der Waals surface area contributed by atoms with E-state index in [-0.39, 0.29) is 0 Å². The van der Waals surface area contributed by atoms with E-state index in [1.54, 1.807) is 0 Å². The molecule has 0 amide bonds. The molecule has 1 unspecified atom stereocenters. The molecule has 0 aromatic carbocycles. The average Bonchev–Trinajstić information content (AvgIpc) is 2.94. The Morgan fingerprint density at radius 1 is 1.33 bits per heavy atom. The Bertz CT molecular complexity index is 456. The Labute approximate surface area is 129 Å². The SMILES string of the molecule is CCNCc1nc(C(C)C)ncc1N1CCCC1C(C)C. The lowest BCUT2D eigenvalue weighted by atomic mass is 10.0. The second-order valence-electron chi connectivity index (χ2n) is 6.64. The third-order valence-electron chi connectivity index (χ3n) is 4.30. The van der Waals surface area contributed by atoms with Crippen LogP contribution < -0.4 is 10.2 Å². The minimum Gasteiger partial charge on any atom is -0.366 e. The zero-order chi connectivity index (χ0) is 15.4. The normalized spacial score (nSPS) is 19.0. The Hall–Kier alpha value is -1.16. The summed E-state index contributed by atoms with van der Waals surface area (Å²) in [7, 11) is 0. The fourth-order valence-electron chi connectivity index (χ4n) is 3.10. The molecule has 4 nitrogen and oxygen atoms in total. The predicted molar refractivity (Wildman–Crippen MR) is 88.7 cm³/mol. The second kappa shape index (κ2) is 7.21. The smallest absolute Gasteiger partial charge is 0.131 e. The minimum atomic E-state index is 0.374. The number of hydrogen-bond donors (Lipinski definition) is 1. The van der Waals surface area contributed by atoms with Gasteiger partial charge in [0.1, 0.15) is 5.82 Å². The molecule has 1 aliphatic heterocycles. The standard InChI is InChI=1S/C17H30N4/c1-6-18-10-14-16(11-19-17(20-14)13(4)5)21-9-7-8-15(21)12(2)3/h11-13,15,18H,6-10H2,1-5H3. The highest BCUT2D eigenvalue weighted by Crippen LogP contribution is 2.31. The summed E-state index contributed by atoms with van der Waals surface area (Å²) in [4.78, 5) is 12.0. The topological polar surface area (TPSA) is 41.1 Å². The maximum Gasteiger partial charge on any atom is 0.131 e. The molecule has 0 spiro atoms. The van der Waals surface area contributed by atoms with Gasteiger partial charge in [-0.25, -0.2) is 9.97 Å². The van der Waals surface area contributed by atoms with E-state index in [2.05, 4.69) is 56.0 Å². The van der Waals surface area contributed by atoms with Crippen LogP contribution in [0.3, 0.4) is 0 Å². The van der Waals surface area contributed by atoms with Crippen LogP contribution in [0.5, 0.6) is 0 Å². The molecule has 2 rings (SSSR count). The summed E-state index contributed by atoms with van der Waals surface area (Å²) in [6.45, 7) is 14.0. The third kappa shape index (κ3) is 3.73. The van der Waals surface area contributed by atoms with Crippen molar-refractivity contribution >= 4 is 5.69 Å². The van der Waals surface area contributed by atoms with Crippen molar-refractivity contribution in [3.05, 3.63) is 17.7 Å². The van der Waals surface area contributed by atoms with Gasteiger partial charge in [0.15, 0.2) is 0 Å². The van der Waals surface area contributed by atoms with E-state index in [0.29, 0.717) is 17.9 Å². The Kier molecular flexibility index (Phi) is 5.57. The molecule has 1 N–H and O–H groups in total. The van der Waals surface area contributed by atoms with Crippen molar-refractivity contribution < 1.29 is 0 Å². The number of aromatic nitrogens is 2. The van der Waals surface area contributed by atoms with Crippen LogP contribution in [0.25, 0.3) is 0 Å². The van der Waals surface area contributed by atoms with Crippen LogP contribution in [-0.2, 0) is 6.54 Å². The highest BCUT2D eigenvalue weighted by molar-refractivity contribution is 5.51. The number of nitrogens with one attached hydrogen (secondary N) is 1. The lowest BCUT2D eigenvalue weighted by Gasteiger charge is -2.31. The van der Waals surface area contributed by atoms with Gasteiger partial charge in [-0.15, -0.1) is 0 Å². The van der Waals surface area contributed by atoms with E-state index in [0.717, 1.165) is 31.2 Å². The summed E-state index contributed by atoms with van der Waals surface area (Å²) in [5.74, 6) is 2.00. The zero-order valence-electron chi connectivity index (χ0n) is 14.2. The Morgan fingerprint density at radius 2 is 2.10 bits per heavy atom. The number of anilines is 1. The first kappa shape index (κ1) is 16.2. The van der Waals surface area contributed by atoms with Crippen molar-refractivity contribution in [2.24, 2.45) is 5.92 Å². The molecule has 4 heteroatoms. The van der Waals surface area contributed by atoms with Crippen LogP contribution in [-0.4, -0.2) is 29.1 Å². The van der Waals surface area contributed by atoms with Gasteiger partial charge < -0.3 is 10.2 Å². The maximum absolute atomic E-state index is 4.83. The van der Waals surface area contributed by atoms with E-state index < -0.39 is 0 Å². The highest BCUT2D eigenvalue weighted by Gasteiger charge is 2.29. The molecule has 0 saturated carbocycles. The van der Waals surface area contributed by atoms with Crippen LogP contribution in [0.2, 0.25) is 0 Å². The quantitative estimate of drug-likeness (QED) is 0.872. The Morgan fingerprint density at radius 3 is 2.71 bits per heavy atom. The maximum atomic E-state index is 4.83. The molecule has 0 aliphatic carbocycles. The molecule has 1 atom stereocenters. The van der Waals surface area contributed by atoms with E-state index >= 15 is 0 Å². The number of rotatable bonds is 6. The van der Waals surface area contributed by atoms with Gasteiger partial charge in [-0.3, -0.25) is 0 Å². The van der Waals surface area contributed by atoms with Crippen molar-refractivity contribution in [1.82, 2.24) is 15.3 Å². The van der Waals surface area contributed by atoms with Gasteiger partial charge in [0.05, 0.1) is 17.6 Å². The Balaban J connectivity index is 2.32. The minimum absolute atomic E-state index is 0.374. The molecular weight excluding hydrogens is 260 g/mol. The first-order chi connectivity index (χ1) is 10.0. The molecule has 118 valence electrons. The molecule has 1 saturated heterocycles. The van der Waals surface area contributed by atoms with Gasteiger partial charge in [0.2, 0.25) is 0 Å². The van der Waals surface area contributed by atoms with Crippen LogP contribution in [0, 0.1) is 5.92 Å². The monoisotopic (exact) mass is 290 g/mol. The van der Waals surface area contributed by atoms with Gasteiger partial charge in [-0.1, -0.05) is 34.6 Å². The van der Waals surface area contributed by atoms with Gasteiger partial charge in [-0.2, -0.15) is 0 Å². The largest absolute Gasteiger partial charge is 0.366 e. The van der Waals surface area contributed by atoms with Crippen LogP contribution in [0.4, 0.5) is 5.69 Å². The van der Waals surface area contributed by atoms with Gasteiger partial charge in [0.25, 0.3) is 0 Å².